The number of nitrogens with one attached hydrogen (secondary N) is 3. The van der Waals surface area contributed by atoms with Crippen molar-refractivity contribution in [2.24, 2.45) is 0 Å². The highest BCUT2D eigenvalue weighted by Gasteiger charge is 2.10. The molecule has 2 aromatic heterocycles. The van der Waals surface area contributed by atoms with Crippen molar-refractivity contribution in [2.75, 3.05) is 17.7 Å². The third kappa shape index (κ3) is 2.60. The van der Waals surface area contributed by atoms with Gasteiger partial charge < -0.3 is 10.6 Å². The van der Waals surface area contributed by atoms with Crippen molar-refractivity contribution in [1.29, 1.82) is 0 Å². The fraction of sp³-hybridized carbons (Fsp3) is 0.154. The van der Waals surface area contributed by atoms with Crippen molar-refractivity contribution in [3.8, 4) is 0 Å². The highest BCUT2D eigenvalue weighted by atomic mass is 19.1. The van der Waals surface area contributed by atoms with E-state index in [9.17, 15) is 8.78 Å². The second kappa shape index (κ2) is 5.31. The maximum absolute atomic E-state index is 13.6. The van der Waals surface area contributed by atoms with Crippen molar-refractivity contribution in [3.63, 3.8) is 0 Å². The molecule has 2 heterocycles. The van der Waals surface area contributed by atoms with Crippen molar-refractivity contribution >= 4 is 22.8 Å². The first-order chi connectivity index (χ1) is 10.2. The number of hydrogen-bond acceptors (Lipinski definition) is 5. The normalized spacial score (nSPS) is 10.8. The largest absolute Gasteiger partial charge is 0.365 e. The van der Waals surface area contributed by atoms with E-state index in [0.717, 1.165) is 18.2 Å². The van der Waals surface area contributed by atoms with Crippen LogP contribution in [0.15, 0.2) is 24.4 Å². The molecule has 3 rings (SSSR count). The average Bonchev–Trinajstić information content (AvgIpc) is 2.96. The van der Waals surface area contributed by atoms with Gasteiger partial charge in [0, 0.05) is 19.2 Å². The van der Waals surface area contributed by atoms with Crippen LogP contribution in [0.25, 0.3) is 11.0 Å². The van der Waals surface area contributed by atoms with Gasteiger partial charge in [-0.05, 0) is 18.2 Å². The van der Waals surface area contributed by atoms with E-state index in [1.807, 2.05) is 0 Å². The van der Waals surface area contributed by atoms with Crippen molar-refractivity contribution in [3.05, 3.63) is 41.6 Å². The van der Waals surface area contributed by atoms with Crippen molar-refractivity contribution in [2.45, 2.75) is 6.54 Å². The molecule has 0 bridgehead atoms. The standard InChI is InChI=1S/C13H12F2N6/c1-16-13-19-11(9-6-18-21-12(9)20-13)17-5-7-4-8(14)2-3-10(7)15/h2-4,6H,5H2,1H3,(H3,16,17,18,19,20,21). The molecular formula is C13H12F2N6. The summed E-state index contributed by atoms with van der Waals surface area (Å²) in [6.07, 6.45) is 1.57. The van der Waals surface area contributed by atoms with Crippen LogP contribution in [0.2, 0.25) is 0 Å². The van der Waals surface area contributed by atoms with Gasteiger partial charge in [0.2, 0.25) is 5.95 Å². The van der Waals surface area contributed by atoms with Crippen LogP contribution in [0.4, 0.5) is 20.5 Å². The van der Waals surface area contributed by atoms with Crippen LogP contribution in [0, 0.1) is 11.6 Å². The van der Waals surface area contributed by atoms with Gasteiger partial charge in [0.1, 0.15) is 17.5 Å². The molecule has 0 fully saturated rings. The van der Waals surface area contributed by atoms with E-state index in [0.29, 0.717) is 22.8 Å². The monoisotopic (exact) mass is 290 g/mol. The molecule has 0 saturated carbocycles. The molecule has 0 amide bonds. The van der Waals surface area contributed by atoms with Gasteiger partial charge in [-0.25, -0.2) is 8.78 Å². The van der Waals surface area contributed by atoms with Crippen LogP contribution in [0.3, 0.4) is 0 Å². The Labute approximate surface area is 118 Å². The molecule has 0 aliphatic carbocycles. The van der Waals surface area contributed by atoms with E-state index in [2.05, 4.69) is 30.8 Å². The first kappa shape index (κ1) is 13.2. The number of anilines is 2. The van der Waals surface area contributed by atoms with Gasteiger partial charge in [-0.1, -0.05) is 0 Å². The topological polar surface area (TPSA) is 78.5 Å². The van der Waals surface area contributed by atoms with Crippen LogP contribution < -0.4 is 10.6 Å². The molecule has 0 saturated heterocycles. The molecule has 0 aliphatic rings. The molecule has 0 atom stereocenters. The molecule has 8 heteroatoms. The Morgan fingerprint density at radius 3 is 2.90 bits per heavy atom. The summed E-state index contributed by atoms with van der Waals surface area (Å²) in [5, 5.41) is 13.1. The van der Waals surface area contributed by atoms with E-state index >= 15 is 0 Å². The molecule has 108 valence electrons. The Hall–Kier alpha value is -2.77. The van der Waals surface area contributed by atoms with Gasteiger partial charge in [0.05, 0.1) is 11.6 Å². The SMILES string of the molecule is CNc1nc(NCc2cc(F)ccc2F)c2cn[nH]c2n1. The first-order valence-corrected chi connectivity index (χ1v) is 6.24. The molecule has 21 heavy (non-hydrogen) atoms. The average molecular weight is 290 g/mol. The fourth-order valence-electron chi connectivity index (χ4n) is 1.94. The number of benzene rings is 1. The van der Waals surface area contributed by atoms with Gasteiger partial charge in [0.25, 0.3) is 0 Å². The lowest BCUT2D eigenvalue weighted by Gasteiger charge is -2.09. The molecule has 0 spiro atoms. The summed E-state index contributed by atoms with van der Waals surface area (Å²) in [6, 6.07) is 3.32. The highest BCUT2D eigenvalue weighted by Crippen LogP contribution is 2.21. The summed E-state index contributed by atoms with van der Waals surface area (Å²) in [6.45, 7) is 0.101. The summed E-state index contributed by atoms with van der Waals surface area (Å²) in [5.74, 6) is -0.0776. The quantitative estimate of drug-likeness (QED) is 0.687. The summed E-state index contributed by atoms with van der Waals surface area (Å²) >= 11 is 0. The Bertz CT molecular complexity index is 785. The summed E-state index contributed by atoms with van der Waals surface area (Å²) in [4.78, 5) is 8.44. The lowest BCUT2D eigenvalue weighted by Crippen LogP contribution is -2.06. The third-order valence-corrected chi connectivity index (χ3v) is 2.99. The number of aromatic amines is 1. The Kier molecular flexibility index (Phi) is 3.35. The van der Waals surface area contributed by atoms with E-state index in [1.54, 1.807) is 13.2 Å². The number of fused-ring (bicyclic) bond motifs is 1. The van der Waals surface area contributed by atoms with E-state index in [1.165, 1.54) is 0 Å². The molecule has 3 N–H and O–H groups in total. The zero-order chi connectivity index (χ0) is 14.8. The van der Waals surface area contributed by atoms with Gasteiger partial charge >= 0.3 is 0 Å². The van der Waals surface area contributed by atoms with Gasteiger partial charge in [-0.3, -0.25) is 5.10 Å². The zero-order valence-corrected chi connectivity index (χ0v) is 11.1. The number of nitrogens with zero attached hydrogens (tertiary/aromatic N) is 3. The second-order valence-corrected chi connectivity index (χ2v) is 4.37. The predicted molar refractivity (Wildman–Crippen MR) is 74.9 cm³/mol. The van der Waals surface area contributed by atoms with Gasteiger partial charge in [0.15, 0.2) is 5.65 Å². The zero-order valence-electron chi connectivity index (χ0n) is 11.1. The molecule has 3 aromatic rings. The van der Waals surface area contributed by atoms with Crippen LogP contribution in [0.5, 0.6) is 0 Å². The van der Waals surface area contributed by atoms with Crippen LogP contribution in [-0.2, 0) is 6.54 Å². The van der Waals surface area contributed by atoms with Crippen LogP contribution >= 0.6 is 0 Å². The third-order valence-electron chi connectivity index (χ3n) is 2.99. The highest BCUT2D eigenvalue weighted by molar-refractivity contribution is 5.86. The lowest BCUT2D eigenvalue weighted by atomic mass is 10.2. The minimum atomic E-state index is -0.486. The second-order valence-electron chi connectivity index (χ2n) is 4.37. The Morgan fingerprint density at radius 2 is 2.10 bits per heavy atom. The molecule has 0 aliphatic heterocycles. The summed E-state index contributed by atoms with van der Waals surface area (Å²) < 4.78 is 26.8. The minimum Gasteiger partial charge on any atom is -0.365 e. The van der Waals surface area contributed by atoms with Crippen molar-refractivity contribution in [1.82, 2.24) is 20.2 Å². The Morgan fingerprint density at radius 1 is 1.24 bits per heavy atom. The van der Waals surface area contributed by atoms with Crippen molar-refractivity contribution < 1.29 is 8.78 Å². The number of aromatic nitrogens is 4. The maximum Gasteiger partial charge on any atom is 0.226 e. The number of H-pyrrole nitrogens is 1. The molecule has 6 nitrogen and oxygen atoms in total. The van der Waals surface area contributed by atoms with E-state index in [4.69, 9.17) is 0 Å². The number of halogens is 2. The van der Waals surface area contributed by atoms with Crippen LogP contribution in [0.1, 0.15) is 5.56 Å². The maximum atomic E-state index is 13.6. The van der Waals surface area contributed by atoms with Crippen LogP contribution in [-0.4, -0.2) is 27.2 Å². The minimum absolute atomic E-state index is 0.101. The lowest BCUT2D eigenvalue weighted by molar-refractivity contribution is 0.587. The molecule has 1 aromatic carbocycles. The first-order valence-electron chi connectivity index (χ1n) is 6.24. The molecule has 0 radical (unpaired) electrons. The number of rotatable bonds is 4. The predicted octanol–water partition coefficient (Wildman–Crippen LogP) is 2.28. The van der Waals surface area contributed by atoms with Gasteiger partial charge in [-0.15, -0.1) is 0 Å². The fourth-order valence-corrected chi connectivity index (χ4v) is 1.94. The van der Waals surface area contributed by atoms with Gasteiger partial charge in [-0.2, -0.15) is 15.1 Å². The number of hydrogen-bond donors (Lipinski definition) is 3. The smallest absolute Gasteiger partial charge is 0.226 e. The van der Waals surface area contributed by atoms with E-state index in [-0.39, 0.29) is 12.1 Å². The Balaban J connectivity index is 1.91. The molecular weight excluding hydrogens is 278 g/mol. The summed E-state index contributed by atoms with van der Waals surface area (Å²) in [5.41, 5.74) is 0.771. The molecule has 0 unspecified atom stereocenters. The van der Waals surface area contributed by atoms with E-state index < -0.39 is 11.6 Å². The summed E-state index contributed by atoms with van der Waals surface area (Å²) in [7, 11) is 1.69.